The van der Waals surface area contributed by atoms with Crippen molar-refractivity contribution < 1.29 is 0 Å². The van der Waals surface area contributed by atoms with Crippen LogP contribution in [-0.4, -0.2) is 16.8 Å². The molecule has 2 aromatic rings. The number of rotatable bonds is 6. The number of benzene rings is 1. The van der Waals surface area contributed by atoms with Crippen molar-refractivity contribution in [2.75, 3.05) is 7.05 Å². The molecule has 1 aromatic carbocycles. The second-order valence-corrected chi connectivity index (χ2v) is 5.05. The topological polar surface area (TPSA) is 29.9 Å². The standard InChI is InChI=1S/C15H20ClN3/c1-3-6-15-13(9-17-2)10-18-19(15)11-12-7-4-5-8-14(12)16/h4-5,7-8,10,17H,3,6,9,11H2,1-2H3. The summed E-state index contributed by atoms with van der Waals surface area (Å²) in [5, 5.41) is 8.50. The summed E-state index contributed by atoms with van der Waals surface area (Å²) in [6.45, 7) is 3.78. The molecule has 0 bridgehead atoms. The second kappa shape index (κ2) is 6.73. The summed E-state index contributed by atoms with van der Waals surface area (Å²) in [4.78, 5) is 0. The molecule has 1 aromatic heterocycles. The minimum atomic E-state index is 0.735. The van der Waals surface area contributed by atoms with Crippen LogP contribution in [0.25, 0.3) is 0 Å². The average molecular weight is 278 g/mol. The monoisotopic (exact) mass is 277 g/mol. The van der Waals surface area contributed by atoms with E-state index in [0.717, 1.165) is 36.5 Å². The summed E-state index contributed by atoms with van der Waals surface area (Å²) >= 11 is 6.22. The van der Waals surface area contributed by atoms with Crippen LogP contribution in [0.4, 0.5) is 0 Å². The lowest BCUT2D eigenvalue weighted by Crippen LogP contribution is -2.11. The third-order valence-electron chi connectivity index (χ3n) is 3.17. The molecule has 0 unspecified atom stereocenters. The number of hydrogen-bond donors (Lipinski definition) is 1. The van der Waals surface area contributed by atoms with E-state index in [1.165, 1.54) is 11.3 Å². The predicted octanol–water partition coefficient (Wildman–Crippen LogP) is 3.26. The summed E-state index contributed by atoms with van der Waals surface area (Å²) < 4.78 is 2.07. The van der Waals surface area contributed by atoms with Crippen molar-refractivity contribution in [1.29, 1.82) is 0 Å². The van der Waals surface area contributed by atoms with Gasteiger partial charge in [0.1, 0.15) is 0 Å². The lowest BCUT2D eigenvalue weighted by molar-refractivity contribution is 0.632. The van der Waals surface area contributed by atoms with E-state index in [0.29, 0.717) is 0 Å². The van der Waals surface area contributed by atoms with Crippen LogP contribution in [0.15, 0.2) is 30.5 Å². The maximum atomic E-state index is 6.22. The van der Waals surface area contributed by atoms with Gasteiger partial charge in [0.25, 0.3) is 0 Å². The highest BCUT2D eigenvalue weighted by atomic mass is 35.5. The molecule has 0 amide bonds. The number of halogens is 1. The van der Waals surface area contributed by atoms with E-state index in [1.807, 2.05) is 31.4 Å². The fraction of sp³-hybridized carbons (Fsp3) is 0.400. The fourth-order valence-electron chi connectivity index (χ4n) is 2.24. The van der Waals surface area contributed by atoms with Crippen LogP contribution < -0.4 is 5.32 Å². The summed E-state index contributed by atoms with van der Waals surface area (Å²) in [6.07, 6.45) is 4.12. The first-order valence-corrected chi connectivity index (χ1v) is 7.05. The minimum Gasteiger partial charge on any atom is -0.316 e. The summed E-state index contributed by atoms with van der Waals surface area (Å²) in [6, 6.07) is 7.94. The van der Waals surface area contributed by atoms with Crippen molar-refractivity contribution in [2.45, 2.75) is 32.9 Å². The molecule has 0 saturated carbocycles. The molecular weight excluding hydrogens is 258 g/mol. The maximum Gasteiger partial charge on any atom is 0.0677 e. The molecule has 0 spiro atoms. The fourth-order valence-corrected chi connectivity index (χ4v) is 2.43. The van der Waals surface area contributed by atoms with Gasteiger partial charge in [-0.2, -0.15) is 5.10 Å². The summed E-state index contributed by atoms with van der Waals surface area (Å²) in [7, 11) is 1.96. The molecule has 0 saturated heterocycles. The molecular formula is C15H20ClN3. The molecule has 4 heteroatoms. The van der Waals surface area contributed by atoms with Crippen LogP contribution in [0.1, 0.15) is 30.2 Å². The number of nitrogens with one attached hydrogen (secondary N) is 1. The highest BCUT2D eigenvalue weighted by Gasteiger charge is 2.10. The van der Waals surface area contributed by atoms with Gasteiger partial charge in [-0.15, -0.1) is 0 Å². The van der Waals surface area contributed by atoms with Gasteiger partial charge in [0.05, 0.1) is 12.7 Å². The zero-order valence-electron chi connectivity index (χ0n) is 11.5. The first kappa shape index (κ1) is 14.1. The lowest BCUT2D eigenvalue weighted by Gasteiger charge is -2.10. The Morgan fingerprint density at radius 3 is 2.74 bits per heavy atom. The molecule has 0 fully saturated rings. The predicted molar refractivity (Wildman–Crippen MR) is 79.5 cm³/mol. The van der Waals surface area contributed by atoms with E-state index in [9.17, 15) is 0 Å². The van der Waals surface area contributed by atoms with Crippen LogP contribution in [0.3, 0.4) is 0 Å². The zero-order valence-corrected chi connectivity index (χ0v) is 12.2. The Morgan fingerprint density at radius 1 is 1.26 bits per heavy atom. The van der Waals surface area contributed by atoms with Crippen molar-refractivity contribution in [3.63, 3.8) is 0 Å². The highest BCUT2D eigenvalue weighted by Crippen LogP contribution is 2.18. The molecule has 2 rings (SSSR count). The Labute approximate surface area is 119 Å². The van der Waals surface area contributed by atoms with Crippen LogP contribution in [-0.2, 0) is 19.5 Å². The molecule has 102 valence electrons. The smallest absolute Gasteiger partial charge is 0.0677 e. The van der Waals surface area contributed by atoms with E-state index in [2.05, 4.69) is 28.1 Å². The molecule has 1 heterocycles. The number of hydrogen-bond acceptors (Lipinski definition) is 2. The lowest BCUT2D eigenvalue weighted by atomic mass is 10.1. The Kier molecular flexibility index (Phi) is 5.00. The van der Waals surface area contributed by atoms with Crippen LogP contribution >= 0.6 is 11.6 Å². The molecule has 0 atom stereocenters. The first-order valence-electron chi connectivity index (χ1n) is 6.67. The molecule has 19 heavy (non-hydrogen) atoms. The van der Waals surface area contributed by atoms with E-state index in [4.69, 9.17) is 11.6 Å². The van der Waals surface area contributed by atoms with Gasteiger partial charge in [0, 0.05) is 22.8 Å². The van der Waals surface area contributed by atoms with Gasteiger partial charge in [0.15, 0.2) is 0 Å². The van der Waals surface area contributed by atoms with Gasteiger partial charge in [0.2, 0.25) is 0 Å². The van der Waals surface area contributed by atoms with Crippen LogP contribution in [0.2, 0.25) is 5.02 Å². The van der Waals surface area contributed by atoms with Gasteiger partial charge < -0.3 is 5.32 Å². The van der Waals surface area contributed by atoms with Gasteiger partial charge in [-0.25, -0.2) is 0 Å². The van der Waals surface area contributed by atoms with Crippen molar-refractivity contribution in [3.8, 4) is 0 Å². The molecule has 3 nitrogen and oxygen atoms in total. The molecule has 1 N–H and O–H groups in total. The van der Waals surface area contributed by atoms with E-state index < -0.39 is 0 Å². The molecule has 0 aliphatic heterocycles. The van der Waals surface area contributed by atoms with Gasteiger partial charge in [-0.05, 0) is 25.1 Å². The van der Waals surface area contributed by atoms with Gasteiger partial charge in [-0.3, -0.25) is 4.68 Å². The maximum absolute atomic E-state index is 6.22. The summed E-state index contributed by atoms with van der Waals surface area (Å²) in [5.74, 6) is 0. The van der Waals surface area contributed by atoms with Gasteiger partial charge in [-0.1, -0.05) is 43.1 Å². The minimum absolute atomic E-state index is 0.735. The molecule has 0 aliphatic carbocycles. The van der Waals surface area contributed by atoms with Crippen LogP contribution in [0, 0.1) is 0 Å². The first-order chi connectivity index (χ1) is 9.26. The Bertz CT molecular complexity index is 534. The summed E-state index contributed by atoms with van der Waals surface area (Å²) in [5.41, 5.74) is 3.69. The highest BCUT2D eigenvalue weighted by molar-refractivity contribution is 6.31. The quantitative estimate of drug-likeness (QED) is 0.878. The Morgan fingerprint density at radius 2 is 2.05 bits per heavy atom. The van der Waals surface area contributed by atoms with Gasteiger partial charge >= 0.3 is 0 Å². The van der Waals surface area contributed by atoms with E-state index >= 15 is 0 Å². The van der Waals surface area contributed by atoms with Crippen molar-refractivity contribution in [3.05, 3.63) is 52.3 Å². The zero-order chi connectivity index (χ0) is 13.7. The average Bonchev–Trinajstić information content (AvgIpc) is 2.77. The van der Waals surface area contributed by atoms with Crippen LogP contribution in [0.5, 0.6) is 0 Å². The number of nitrogens with zero attached hydrogens (tertiary/aromatic N) is 2. The Balaban J connectivity index is 2.27. The SMILES string of the molecule is CCCc1c(CNC)cnn1Cc1ccccc1Cl. The third kappa shape index (κ3) is 3.37. The largest absolute Gasteiger partial charge is 0.316 e. The molecule has 0 aliphatic rings. The molecule has 0 radical (unpaired) electrons. The van der Waals surface area contributed by atoms with Crippen molar-refractivity contribution in [1.82, 2.24) is 15.1 Å². The van der Waals surface area contributed by atoms with Crippen molar-refractivity contribution in [2.24, 2.45) is 0 Å². The second-order valence-electron chi connectivity index (χ2n) is 4.65. The van der Waals surface area contributed by atoms with E-state index in [-0.39, 0.29) is 0 Å². The normalized spacial score (nSPS) is 10.9. The van der Waals surface area contributed by atoms with E-state index in [1.54, 1.807) is 0 Å². The van der Waals surface area contributed by atoms with Crippen molar-refractivity contribution >= 4 is 11.6 Å². The number of aromatic nitrogens is 2. The third-order valence-corrected chi connectivity index (χ3v) is 3.54. The Hall–Kier alpha value is -1.32.